The zero-order chi connectivity index (χ0) is 9.57. The van der Waals surface area contributed by atoms with E-state index in [9.17, 15) is 9.90 Å². The van der Waals surface area contributed by atoms with Gasteiger partial charge in [-0.15, -0.1) is 0 Å². The molecule has 0 unspecified atom stereocenters. The highest BCUT2D eigenvalue weighted by molar-refractivity contribution is 5.76. The topological polar surface area (TPSA) is 37.3 Å². The molecular formula is C10H18O2. The van der Waals surface area contributed by atoms with Gasteiger partial charge in [-0.3, -0.25) is 0 Å². The van der Waals surface area contributed by atoms with Crippen molar-refractivity contribution in [2.45, 2.75) is 46.1 Å². The van der Waals surface area contributed by atoms with Crippen LogP contribution in [-0.4, -0.2) is 16.5 Å². The predicted octanol–water partition coefficient (Wildman–Crippen LogP) is 1.76. The molecule has 2 atom stereocenters. The van der Waals surface area contributed by atoms with Gasteiger partial charge in [0.2, 0.25) is 0 Å². The Kier molecular flexibility index (Phi) is 2.07. The quantitative estimate of drug-likeness (QED) is 0.685. The molecule has 2 heteroatoms. The number of aliphatic hydroxyl groups is 1. The number of Topliss-reactive ketones (excluding diaryl/α,β-unsaturated/α-hetero) is 1. The third-order valence-corrected chi connectivity index (χ3v) is 3.59. The van der Waals surface area contributed by atoms with E-state index in [4.69, 9.17) is 0 Å². The highest BCUT2D eigenvalue weighted by Crippen LogP contribution is 2.55. The van der Waals surface area contributed by atoms with Gasteiger partial charge in [0, 0.05) is 6.42 Å². The van der Waals surface area contributed by atoms with E-state index in [1.54, 1.807) is 6.92 Å². The van der Waals surface area contributed by atoms with Crippen molar-refractivity contribution in [2.75, 3.05) is 0 Å². The molecule has 1 rings (SSSR count). The molecule has 0 spiro atoms. The Balaban J connectivity index is 2.60. The van der Waals surface area contributed by atoms with Gasteiger partial charge in [-0.2, -0.15) is 0 Å². The monoisotopic (exact) mass is 170 g/mol. The van der Waals surface area contributed by atoms with Crippen molar-refractivity contribution >= 4 is 5.78 Å². The molecule has 1 aliphatic carbocycles. The van der Waals surface area contributed by atoms with Crippen molar-refractivity contribution in [3.05, 3.63) is 0 Å². The molecule has 0 radical (unpaired) electrons. The Labute approximate surface area is 74.0 Å². The molecule has 0 heterocycles. The maximum Gasteiger partial charge on any atom is 0.130 e. The van der Waals surface area contributed by atoms with Gasteiger partial charge in [0.25, 0.3) is 0 Å². The van der Waals surface area contributed by atoms with E-state index < -0.39 is 5.60 Å². The van der Waals surface area contributed by atoms with Crippen molar-refractivity contribution in [3.8, 4) is 0 Å². The molecule has 1 saturated carbocycles. The summed E-state index contributed by atoms with van der Waals surface area (Å²) in [4.78, 5) is 10.9. The van der Waals surface area contributed by atoms with Gasteiger partial charge in [-0.25, -0.2) is 0 Å². The van der Waals surface area contributed by atoms with Gasteiger partial charge >= 0.3 is 0 Å². The molecule has 0 saturated heterocycles. The highest BCUT2D eigenvalue weighted by Gasteiger charge is 2.55. The normalized spacial score (nSPS) is 38.9. The summed E-state index contributed by atoms with van der Waals surface area (Å²) in [6, 6.07) is 0. The fourth-order valence-electron chi connectivity index (χ4n) is 1.98. The van der Waals surface area contributed by atoms with E-state index in [1.807, 2.05) is 20.8 Å². The molecule has 0 aliphatic heterocycles. The fourth-order valence-corrected chi connectivity index (χ4v) is 1.98. The van der Waals surface area contributed by atoms with Gasteiger partial charge in [0.15, 0.2) is 0 Å². The van der Waals surface area contributed by atoms with E-state index in [1.165, 1.54) is 0 Å². The SMILES string of the molecule is CC(=O)C[C@@H]1C[C@](C)(O)C1(C)C. The van der Waals surface area contributed by atoms with Crippen LogP contribution >= 0.6 is 0 Å². The molecule has 1 fully saturated rings. The molecule has 0 aromatic heterocycles. The second-order valence-corrected chi connectivity index (χ2v) is 4.80. The summed E-state index contributed by atoms with van der Waals surface area (Å²) in [6.45, 7) is 7.53. The lowest BCUT2D eigenvalue weighted by atomic mass is 9.51. The molecular weight excluding hydrogens is 152 g/mol. The van der Waals surface area contributed by atoms with Crippen molar-refractivity contribution in [3.63, 3.8) is 0 Å². The predicted molar refractivity (Wildman–Crippen MR) is 47.8 cm³/mol. The Morgan fingerprint density at radius 2 is 2.00 bits per heavy atom. The standard InChI is InChI=1S/C10H18O2/c1-7(11)5-8-6-10(4,12)9(8,2)3/h8,12H,5-6H2,1-4H3/t8-,10+/m1/s1. The minimum absolute atomic E-state index is 0.0985. The van der Waals surface area contributed by atoms with Crippen LogP contribution in [-0.2, 0) is 4.79 Å². The van der Waals surface area contributed by atoms with E-state index in [0.717, 1.165) is 6.42 Å². The lowest BCUT2D eigenvalue weighted by molar-refractivity contribution is -0.184. The number of hydrogen-bond donors (Lipinski definition) is 1. The zero-order valence-corrected chi connectivity index (χ0v) is 8.35. The summed E-state index contributed by atoms with van der Waals surface area (Å²) in [5, 5.41) is 9.81. The number of carbonyl (C=O) groups is 1. The fraction of sp³-hybridized carbons (Fsp3) is 0.900. The summed E-state index contributed by atoms with van der Waals surface area (Å²) >= 11 is 0. The minimum atomic E-state index is -0.576. The van der Waals surface area contributed by atoms with Crippen LogP contribution in [0.25, 0.3) is 0 Å². The summed E-state index contributed by atoms with van der Waals surface area (Å²) in [5.41, 5.74) is -0.675. The molecule has 1 aliphatic rings. The molecule has 0 amide bonds. The molecule has 0 aromatic carbocycles. The number of carbonyl (C=O) groups excluding carboxylic acids is 1. The van der Waals surface area contributed by atoms with Crippen LogP contribution in [0.2, 0.25) is 0 Å². The van der Waals surface area contributed by atoms with E-state index in [2.05, 4.69) is 0 Å². The summed E-state index contributed by atoms with van der Waals surface area (Å²) in [7, 11) is 0. The maximum atomic E-state index is 10.9. The minimum Gasteiger partial charge on any atom is -0.390 e. The Hall–Kier alpha value is -0.370. The van der Waals surface area contributed by atoms with Gasteiger partial charge in [-0.1, -0.05) is 13.8 Å². The number of hydrogen-bond acceptors (Lipinski definition) is 2. The first-order valence-corrected chi connectivity index (χ1v) is 4.49. The van der Waals surface area contributed by atoms with Gasteiger partial charge in [-0.05, 0) is 31.6 Å². The molecule has 12 heavy (non-hydrogen) atoms. The highest BCUT2D eigenvalue weighted by atomic mass is 16.3. The van der Waals surface area contributed by atoms with Crippen molar-refractivity contribution < 1.29 is 9.90 Å². The van der Waals surface area contributed by atoms with Crippen LogP contribution in [0.5, 0.6) is 0 Å². The average Bonchev–Trinajstić information content (AvgIpc) is 1.85. The second-order valence-electron chi connectivity index (χ2n) is 4.80. The molecule has 2 nitrogen and oxygen atoms in total. The van der Waals surface area contributed by atoms with Gasteiger partial charge in [0.1, 0.15) is 5.78 Å². The van der Waals surface area contributed by atoms with Crippen molar-refractivity contribution in [2.24, 2.45) is 11.3 Å². The molecule has 1 N–H and O–H groups in total. The van der Waals surface area contributed by atoms with E-state index in [-0.39, 0.29) is 11.2 Å². The van der Waals surface area contributed by atoms with Crippen molar-refractivity contribution in [1.82, 2.24) is 0 Å². The van der Waals surface area contributed by atoms with Crippen LogP contribution in [0.3, 0.4) is 0 Å². The largest absolute Gasteiger partial charge is 0.390 e. The molecule has 70 valence electrons. The lowest BCUT2D eigenvalue weighted by Crippen LogP contribution is -2.58. The average molecular weight is 170 g/mol. The van der Waals surface area contributed by atoms with Crippen LogP contribution in [0.15, 0.2) is 0 Å². The Bertz CT molecular complexity index is 204. The molecule has 0 bridgehead atoms. The van der Waals surface area contributed by atoms with Crippen molar-refractivity contribution in [1.29, 1.82) is 0 Å². The second kappa shape index (κ2) is 2.56. The number of ketones is 1. The zero-order valence-electron chi connectivity index (χ0n) is 8.35. The number of rotatable bonds is 2. The summed E-state index contributed by atoms with van der Waals surface area (Å²) in [6.07, 6.45) is 1.38. The first-order valence-electron chi connectivity index (χ1n) is 4.49. The van der Waals surface area contributed by atoms with Crippen LogP contribution in [0, 0.1) is 11.3 Å². The summed E-state index contributed by atoms with van der Waals surface area (Å²) < 4.78 is 0. The van der Waals surface area contributed by atoms with Gasteiger partial charge < -0.3 is 9.90 Å². The van der Waals surface area contributed by atoms with Crippen LogP contribution in [0.1, 0.15) is 40.5 Å². The van der Waals surface area contributed by atoms with Crippen LogP contribution < -0.4 is 0 Å². The van der Waals surface area contributed by atoms with E-state index >= 15 is 0 Å². The van der Waals surface area contributed by atoms with Crippen LogP contribution in [0.4, 0.5) is 0 Å². The third-order valence-electron chi connectivity index (χ3n) is 3.59. The van der Waals surface area contributed by atoms with Gasteiger partial charge in [0.05, 0.1) is 5.60 Å². The van der Waals surface area contributed by atoms with E-state index in [0.29, 0.717) is 12.3 Å². The Morgan fingerprint density at radius 3 is 2.25 bits per heavy atom. The maximum absolute atomic E-state index is 10.9. The molecule has 0 aromatic rings. The first-order chi connectivity index (χ1) is 5.27. The third kappa shape index (κ3) is 1.28. The first kappa shape index (κ1) is 9.72. The Morgan fingerprint density at radius 1 is 1.50 bits per heavy atom. The smallest absolute Gasteiger partial charge is 0.130 e. The summed E-state index contributed by atoms with van der Waals surface area (Å²) in [5.74, 6) is 0.591. The lowest BCUT2D eigenvalue weighted by Gasteiger charge is -2.57.